The van der Waals surface area contributed by atoms with Crippen LogP contribution in [0.25, 0.3) is 0 Å². The van der Waals surface area contributed by atoms with Gasteiger partial charge in [0.1, 0.15) is 5.15 Å². The van der Waals surface area contributed by atoms with Crippen LogP contribution in [-0.4, -0.2) is 17.6 Å². The van der Waals surface area contributed by atoms with Gasteiger partial charge in [-0.15, -0.1) is 0 Å². The van der Waals surface area contributed by atoms with E-state index >= 15 is 0 Å². The predicted molar refractivity (Wildman–Crippen MR) is 57.3 cm³/mol. The lowest BCUT2D eigenvalue weighted by Gasteiger charge is -2.05. The Bertz CT molecular complexity index is 371. The second kappa shape index (κ2) is 4.61. The average Bonchev–Trinajstić information content (AvgIpc) is 2.11. The molecular formula is C8H8BrClN2O2. The van der Waals surface area contributed by atoms with Crippen LogP contribution in [0.5, 0.6) is 0 Å². The van der Waals surface area contributed by atoms with E-state index in [9.17, 15) is 4.79 Å². The molecule has 0 amide bonds. The molecule has 0 saturated carbocycles. The summed E-state index contributed by atoms with van der Waals surface area (Å²) in [5.74, 6) is -0.548. The lowest BCUT2D eigenvalue weighted by atomic mass is 10.3. The Morgan fingerprint density at radius 2 is 2.43 bits per heavy atom. The van der Waals surface area contributed by atoms with E-state index in [1.165, 1.54) is 6.07 Å². The van der Waals surface area contributed by atoms with Gasteiger partial charge in [-0.25, -0.2) is 9.78 Å². The molecule has 0 spiro atoms. The van der Waals surface area contributed by atoms with Crippen molar-refractivity contribution in [1.82, 2.24) is 4.98 Å². The molecule has 0 bridgehead atoms. The number of nitrogens with zero attached hydrogens (tertiary/aromatic N) is 1. The number of pyridine rings is 1. The summed E-state index contributed by atoms with van der Waals surface area (Å²) in [7, 11) is 0. The van der Waals surface area contributed by atoms with Crippen molar-refractivity contribution < 1.29 is 9.53 Å². The number of anilines is 1. The zero-order chi connectivity index (χ0) is 10.7. The molecular weight excluding hydrogens is 271 g/mol. The highest BCUT2D eigenvalue weighted by Crippen LogP contribution is 2.25. The minimum atomic E-state index is -0.548. The van der Waals surface area contributed by atoms with E-state index in [0.29, 0.717) is 10.2 Å². The molecule has 76 valence electrons. The molecule has 0 fully saturated rings. The first-order valence-corrected chi connectivity index (χ1v) is 5.02. The number of nitrogens with two attached hydrogens (primary N) is 1. The molecule has 1 aromatic rings. The Labute approximate surface area is 94.5 Å². The molecule has 0 aliphatic heterocycles. The van der Waals surface area contributed by atoms with Crippen LogP contribution in [0, 0.1) is 0 Å². The normalized spacial score (nSPS) is 9.93. The monoisotopic (exact) mass is 278 g/mol. The minimum Gasteiger partial charge on any atom is -0.461 e. The summed E-state index contributed by atoms with van der Waals surface area (Å²) in [5, 5.41) is 0.161. The number of rotatable bonds is 2. The van der Waals surface area contributed by atoms with E-state index in [1.54, 1.807) is 6.92 Å². The zero-order valence-corrected chi connectivity index (χ0v) is 9.72. The van der Waals surface area contributed by atoms with Crippen molar-refractivity contribution in [3.63, 3.8) is 0 Å². The second-order valence-corrected chi connectivity index (χ2v) is 3.60. The van der Waals surface area contributed by atoms with Gasteiger partial charge in [-0.3, -0.25) is 0 Å². The SMILES string of the molecule is CCOC(=O)c1nc(Cl)cc(N)c1Br. The number of carbonyl (C=O) groups is 1. The van der Waals surface area contributed by atoms with Crippen LogP contribution in [0.15, 0.2) is 10.5 Å². The highest BCUT2D eigenvalue weighted by Gasteiger charge is 2.16. The summed E-state index contributed by atoms with van der Waals surface area (Å²) in [5.41, 5.74) is 6.03. The van der Waals surface area contributed by atoms with Crippen molar-refractivity contribution in [2.45, 2.75) is 6.92 Å². The van der Waals surface area contributed by atoms with E-state index in [-0.39, 0.29) is 17.5 Å². The van der Waals surface area contributed by atoms with Crippen molar-refractivity contribution in [2.75, 3.05) is 12.3 Å². The summed E-state index contributed by atoms with van der Waals surface area (Å²) >= 11 is 8.78. The van der Waals surface area contributed by atoms with Crippen LogP contribution in [0.3, 0.4) is 0 Å². The van der Waals surface area contributed by atoms with Gasteiger partial charge in [-0.2, -0.15) is 0 Å². The number of esters is 1. The largest absolute Gasteiger partial charge is 0.461 e. The fourth-order valence-corrected chi connectivity index (χ4v) is 1.42. The van der Waals surface area contributed by atoms with Crippen molar-refractivity contribution in [3.8, 4) is 0 Å². The van der Waals surface area contributed by atoms with Crippen LogP contribution in [0.2, 0.25) is 5.15 Å². The first kappa shape index (κ1) is 11.3. The molecule has 2 N–H and O–H groups in total. The van der Waals surface area contributed by atoms with Crippen LogP contribution in [-0.2, 0) is 4.74 Å². The maximum Gasteiger partial charge on any atom is 0.358 e. The minimum absolute atomic E-state index is 0.0943. The molecule has 4 nitrogen and oxygen atoms in total. The third-order valence-corrected chi connectivity index (χ3v) is 2.45. The van der Waals surface area contributed by atoms with Gasteiger partial charge in [0.2, 0.25) is 0 Å². The fourth-order valence-electron chi connectivity index (χ4n) is 0.851. The smallest absolute Gasteiger partial charge is 0.358 e. The van der Waals surface area contributed by atoms with Crippen LogP contribution in [0.4, 0.5) is 5.69 Å². The first-order chi connectivity index (χ1) is 6.56. The number of hydrogen-bond donors (Lipinski definition) is 1. The zero-order valence-electron chi connectivity index (χ0n) is 7.38. The van der Waals surface area contributed by atoms with E-state index < -0.39 is 5.97 Å². The summed E-state index contributed by atoms with van der Waals surface area (Å²) in [6, 6.07) is 1.45. The average molecular weight is 280 g/mol. The standard InChI is InChI=1S/C8H8BrClN2O2/c1-2-14-8(13)7-6(9)4(11)3-5(10)12-7/h3H,2H2,1H3,(H2,11,12). The summed E-state index contributed by atoms with van der Waals surface area (Å²) in [4.78, 5) is 15.2. The van der Waals surface area contributed by atoms with Gasteiger partial charge in [-0.05, 0) is 28.9 Å². The third kappa shape index (κ3) is 2.36. The van der Waals surface area contributed by atoms with Gasteiger partial charge in [0.25, 0.3) is 0 Å². The highest BCUT2D eigenvalue weighted by atomic mass is 79.9. The summed E-state index contributed by atoms with van der Waals surface area (Å²) in [6.45, 7) is 1.99. The number of aromatic nitrogens is 1. The second-order valence-electron chi connectivity index (χ2n) is 2.42. The lowest BCUT2D eigenvalue weighted by molar-refractivity contribution is 0.0518. The van der Waals surface area contributed by atoms with Gasteiger partial charge < -0.3 is 10.5 Å². The Balaban J connectivity index is 3.13. The third-order valence-electron chi connectivity index (χ3n) is 1.42. The van der Waals surface area contributed by atoms with Gasteiger partial charge >= 0.3 is 5.97 Å². The first-order valence-electron chi connectivity index (χ1n) is 3.85. The van der Waals surface area contributed by atoms with Gasteiger partial charge in [0.05, 0.1) is 16.8 Å². The lowest BCUT2D eigenvalue weighted by Crippen LogP contribution is -2.09. The quantitative estimate of drug-likeness (QED) is 0.666. The van der Waals surface area contributed by atoms with Gasteiger partial charge in [0, 0.05) is 0 Å². The fraction of sp³-hybridized carbons (Fsp3) is 0.250. The number of hydrogen-bond acceptors (Lipinski definition) is 4. The molecule has 1 heterocycles. The maximum absolute atomic E-state index is 11.3. The molecule has 6 heteroatoms. The van der Waals surface area contributed by atoms with Crippen LogP contribution >= 0.6 is 27.5 Å². The Hall–Kier alpha value is -0.810. The number of halogens is 2. The Morgan fingerprint density at radius 1 is 1.79 bits per heavy atom. The molecule has 0 aliphatic rings. The van der Waals surface area contributed by atoms with E-state index in [0.717, 1.165) is 0 Å². The van der Waals surface area contributed by atoms with E-state index in [4.69, 9.17) is 22.1 Å². The predicted octanol–water partition coefficient (Wildman–Crippen LogP) is 2.26. The summed E-state index contributed by atoms with van der Waals surface area (Å²) in [6.07, 6.45) is 0. The van der Waals surface area contributed by atoms with E-state index in [1.807, 2.05) is 0 Å². The number of carbonyl (C=O) groups excluding carboxylic acids is 1. The van der Waals surface area contributed by atoms with Crippen molar-refractivity contribution in [3.05, 3.63) is 21.4 Å². The van der Waals surface area contributed by atoms with Crippen molar-refractivity contribution in [2.24, 2.45) is 0 Å². The Morgan fingerprint density at radius 3 is 3.00 bits per heavy atom. The molecule has 0 radical (unpaired) electrons. The number of nitrogen functional groups attached to an aromatic ring is 1. The summed E-state index contributed by atoms with van der Waals surface area (Å²) < 4.78 is 5.18. The molecule has 0 aliphatic carbocycles. The molecule has 1 rings (SSSR count). The topological polar surface area (TPSA) is 65.2 Å². The van der Waals surface area contributed by atoms with Crippen LogP contribution in [0.1, 0.15) is 17.4 Å². The van der Waals surface area contributed by atoms with Crippen molar-refractivity contribution >= 4 is 39.2 Å². The molecule has 14 heavy (non-hydrogen) atoms. The maximum atomic E-state index is 11.3. The highest BCUT2D eigenvalue weighted by molar-refractivity contribution is 9.10. The Kier molecular flexibility index (Phi) is 3.71. The number of ether oxygens (including phenoxy) is 1. The van der Waals surface area contributed by atoms with Gasteiger partial charge in [-0.1, -0.05) is 11.6 Å². The van der Waals surface area contributed by atoms with Crippen molar-refractivity contribution in [1.29, 1.82) is 0 Å². The van der Waals surface area contributed by atoms with E-state index in [2.05, 4.69) is 20.9 Å². The molecule has 0 unspecified atom stereocenters. The molecule has 1 aromatic heterocycles. The molecule has 0 aromatic carbocycles. The molecule has 0 saturated heterocycles. The van der Waals surface area contributed by atoms with Gasteiger partial charge in [0.15, 0.2) is 5.69 Å². The molecule has 0 atom stereocenters. The van der Waals surface area contributed by atoms with Crippen LogP contribution < -0.4 is 5.73 Å².